The summed E-state index contributed by atoms with van der Waals surface area (Å²) >= 11 is 1.87. The van der Waals surface area contributed by atoms with E-state index < -0.39 is 0 Å². The highest BCUT2D eigenvalue weighted by Crippen LogP contribution is 2.46. The lowest BCUT2D eigenvalue weighted by Gasteiger charge is -2.15. The summed E-state index contributed by atoms with van der Waals surface area (Å²) in [6, 6.07) is 68.8. The van der Waals surface area contributed by atoms with Crippen molar-refractivity contribution in [2.24, 2.45) is 4.99 Å². The van der Waals surface area contributed by atoms with Crippen LogP contribution in [0, 0.1) is 0 Å². The lowest BCUT2D eigenvalue weighted by molar-refractivity contribution is 1.13. The van der Waals surface area contributed by atoms with Crippen molar-refractivity contribution in [1.29, 1.82) is 0 Å². The van der Waals surface area contributed by atoms with Gasteiger partial charge in [-0.25, -0.2) is 4.99 Å². The maximum atomic E-state index is 5.61. The van der Waals surface area contributed by atoms with E-state index in [1.54, 1.807) is 0 Å². The lowest BCUT2D eigenvalue weighted by Crippen LogP contribution is -2.26. The molecule has 1 aliphatic rings. The topological polar surface area (TPSA) is 17.3 Å². The second kappa shape index (κ2) is 12.7. The Kier molecular flexibility index (Phi) is 7.20. The second-order valence-electron chi connectivity index (χ2n) is 15.0. The molecule has 0 saturated heterocycles. The van der Waals surface area contributed by atoms with Gasteiger partial charge in [-0.05, 0) is 98.3 Å². The maximum absolute atomic E-state index is 5.61. The number of allylic oxidation sites excluding steroid dienone is 1. The molecule has 0 aliphatic carbocycles. The van der Waals surface area contributed by atoms with Crippen molar-refractivity contribution < 1.29 is 0 Å². The van der Waals surface area contributed by atoms with Crippen LogP contribution in [0.4, 0.5) is 0 Å². The number of thiophene rings is 1. The molecule has 3 heteroatoms. The number of hydrogen-bond donors (Lipinski definition) is 0. The molecule has 11 aromatic rings. The Labute approximate surface area is 333 Å². The molecular formula is C54H34N2S. The Morgan fingerprint density at radius 3 is 2.00 bits per heavy atom. The molecule has 0 unspecified atom stereocenters. The molecule has 266 valence electrons. The third-order valence-corrected chi connectivity index (χ3v) is 13.0. The van der Waals surface area contributed by atoms with Crippen LogP contribution in [-0.2, 0) is 0 Å². The fraction of sp³-hybridized carbons (Fsp3) is 0.0185. The Morgan fingerprint density at radius 1 is 0.456 bits per heavy atom. The van der Waals surface area contributed by atoms with Crippen molar-refractivity contribution in [2.75, 3.05) is 0 Å². The van der Waals surface area contributed by atoms with Crippen molar-refractivity contribution in [3.63, 3.8) is 0 Å². The zero-order valence-electron chi connectivity index (χ0n) is 31.0. The van der Waals surface area contributed by atoms with E-state index in [1.807, 2.05) is 11.3 Å². The summed E-state index contributed by atoms with van der Waals surface area (Å²) in [6.45, 7) is 0. The Bertz CT molecular complexity index is 3590. The van der Waals surface area contributed by atoms with Gasteiger partial charge in [-0.15, -0.1) is 11.3 Å². The molecule has 2 nitrogen and oxygen atoms in total. The van der Waals surface area contributed by atoms with Gasteiger partial charge < -0.3 is 0 Å². The second-order valence-corrected chi connectivity index (χ2v) is 16.1. The Hall–Kier alpha value is -7.07. The molecule has 0 bridgehead atoms. The third-order valence-electron chi connectivity index (χ3n) is 11.9. The van der Waals surface area contributed by atoms with Crippen LogP contribution in [-0.4, -0.2) is 4.57 Å². The summed E-state index contributed by atoms with van der Waals surface area (Å²) in [7, 11) is 0. The normalized spacial score (nSPS) is 13.1. The van der Waals surface area contributed by atoms with E-state index in [0.29, 0.717) is 0 Å². The van der Waals surface area contributed by atoms with E-state index >= 15 is 0 Å². The molecule has 0 atom stereocenters. The minimum atomic E-state index is 0.741. The average molecular weight is 743 g/mol. The summed E-state index contributed by atoms with van der Waals surface area (Å²) in [5, 5.41) is 12.2. The number of nitrogens with zero attached hydrogens (tertiary/aromatic N) is 2. The number of hydrogen-bond acceptors (Lipinski definition) is 2. The highest BCUT2D eigenvalue weighted by atomic mass is 32.1. The number of aromatic nitrogens is 1. The molecular weight excluding hydrogens is 709 g/mol. The average Bonchev–Trinajstić information content (AvgIpc) is 3.74. The zero-order valence-corrected chi connectivity index (χ0v) is 31.8. The van der Waals surface area contributed by atoms with E-state index in [2.05, 4.69) is 199 Å². The van der Waals surface area contributed by atoms with Gasteiger partial charge in [-0.1, -0.05) is 152 Å². The molecule has 0 saturated carbocycles. The molecule has 3 heterocycles. The molecule has 0 spiro atoms. The number of para-hydroxylation sites is 1. The fourth-order valence-electron chi connectivity index (χ4n) is 9.23. The first-order chi connectivity index (χ1) is 28.3. The minimum absolute atomic E-state index is 0.741. The monoisotopic (exact) mass is 742 g/mol. The van der Waals surface area contributed by atoms with Gasteiger partial charge in [0.05, 0.1) is 16.4 Å². The van der Waals surface area contributed by atoms with Gasteiger partial charge in [-0.2, -0.15) is 0 Å². The van der Waals surface area contributed by atoms with Gasteiger partial charge in [-0.3, -0.25) is 4.57 Å². The van der Waals surface area contributed by atoms with Crippen LogP contribution in [0.3, 0.4) is 0 Å². The zero-order chi connectivity index (χ0) is 37.5. The number of fused-ring (bicyclic) bond motifs is 10. The smallest absolute Gasteiger partial charge is 0.134 e. The van der Waals surface area contributed by atoms with Crippen LogP contribution >= 0.6 is 11.3 Å². The summed E-state index contributed by atoms with van der Waals surface area (Å²) in [5.41, 5.74) is 9.71. The summed E-state index contributed by atoms with van der Waals surface area (Å²) in [5.74, 6) is 0.937. The van der Waals surface area contributed by atoms with Crippen LogP contribution in [0.2, 0.25) is 0 Å². The third kappa shape index (κ3) is 5.06. The Balaban J connectivity index is 1.16. The largest absolute Gasteiger partial charge is 0.293 e. The van der Waals surface area contributed by atoms with Crippen molar-refractivity contribution in [2.45, 2.75) is 6.42 Å². The van der Waals surface area contributed by atoms with Crippen molar-refractivity contribution in [3.8, 4) is 22.3 Å². The molecule has 1 aliphatic heterocycles. The van der Waals surface area contributed by atoms with Crippen molar-refractivity contribution >= 4 is 86.3 Å². The minimum Gasteiger partial charge on any atom is -0.293 e. The van der Waals surface area contributed by atoms with Crippen LogP contribution < -0.4 is 10.6 Å². The molecule has 0 fully saturated rings. The predicted molar refractivity (Wildman–Crippen MR) is 243 cm³/mol. The SMILES string of the molecule is C1=C(n2c3ccc4ccccc4c3c3cc4ccccc4c(-c4ccc5sc6ccccc6c5c4)c32)N=c2ccccc2=C(c2ccc(-c3ccccc3)cc2)C1. The van der Waals surface area contributed by atoms with Gasteiger partial charge in [0.1, 0.15) is 5.82 Å². The van der Waals surface area contributed by atoms with Crippen LogP contribution in [0.1, 0.15) is 12.0 Å². The van der Waals surface area contributed by atoms with E-state index in [1.165, 1.54) is 96.6 Å². The van der Waals surface area contributed by atoms with E-state index in [-0.39, 0.29) is 0 Å². The first kappa shape index (κ1) is 32.2. The van der Waals surface area contributed by atoms with Gasteiger partial charge in [0.15, 0.2) is 0 Å². The fourth-order valence-corrected chi connectivity index (χ4v) is 10.3. The molecule has 9 aromatic carbocycles. The lowest BCUT2D eigenvalue weighted by atomic mass is 9.93. The summed E-state index contributed by atoms with van der Waals surface area (Å²) in [6.07, 6.45) is 3.09. The molecule has 2 aromatic heterocycles. The first-order valence-corrected chi connectivity index (χ1v) is 20.4. The van der Waals surface area contributed by atoms with Crippen LogP contribution in [0.5, 0.6) is 0 Å². The van der Waals surface area contributed by atoms with Crippen LogP contribution in [0.15, 0.2) is 199 Å². The van der Waals surface area contributed by atoms with Crippen molar-refractivity contribution in [3.05, 3.63) is 210 Å². The van der Waals surface area contributed by atoms with Gasteiger partial charge in [0.25, 0.3) is 0 Å². The van der Waals surface area contributed by atoms with E-state index in [9.17, 15) is 0 Å². The molecule has 0 N–H and O–H groups in total. The highest BCUT2D eigenvalue weighted by molar-refractivity contribution is 7.25. The standard InChI is InChI=1S/C54H34N2S/c1-2-12-34(13-3-1)35-22-24-37(25-23-35)40-28-31-51(55-47-20-10-8-18-43(40)47)56-48-29-26-36-14-4-6-16-41(36)53(48)46-32-38-15-5-7-17-42(38)52(54(46)56)39-27-30-50-45(33-39)44-19-9-11-21-49(44)57-50/h1-27,29-33H,28H2. The van der Waals surface area contributed by atoms with Gasteiger partial charge in [0, 0.05) is 41.7 Å². The molecule has 12 rings (SSSR count). The molecule has 0 radical (unpaired) electrons. The molecule has 57 heavy (non-hydrogen) atoms. The molecule has 0 amide bonds. The van der Waals surface area contributed by atoms with Crippen LogP contribution in [0.25, 0.3) is 97.2 Å². The highest BCUT2D eigenvalue weighted by Gasteiger charge is 2.23. The van der Waals surface area contributed by atoms with E-state index in [4.69, 9.17) is 4.99 Å². The predicted octanol–water partition coefficient (Wildman–Crippen LogP) is 13.5. The van der Waals surface area contributed by atoms with Gasteiger partial charge >= 0.3 is 0 Å². The number of rotatable bonds is 4. The number of benzene rings is 9. The Morgan fingerprint density at radius 2 is 1.12 bits per heavy atom. The van der Waals surface area contributed by atoms with E-state index in [0.717, 1.165) is 23.1 Å². The quantitative estimate of drug-likeness (QED) is 0.171. The van der Waals surface area contributed by atoms with Gasteiger partial charge in [0.2, 0.25) is 0 Å². The maximum Gasteiger partial charge on any atom is 0.134 e. The summed E-state index contributed by atoms with van der Waals surface area (Å²) < 4.78 is 5.09. The summed E-state index contributed by atoms with van der Waals surface area (Å²) in [4.78, 5) is 5.61. The first-order valence-electron chi connectivity index (χ1n) is 19.6. The van der Waals surface area contributed by atoms with Crippen molar-refractivity contribution in [1.82, 2.24) is 4.57 Å².